The lowest BCUT2D eigenvalue weighted by molar-refractivity contribution is -0.0344. The monoisotopic (exact) mass is 229 g/mol. The number of carbonyl (C=O) groups excluding carboxylic acids is 1. The van der Waals surface area contributed by atoms with Gasteiger partial charge in [0.25, 0.3) is 0 Å². The van der Waals surface area contributed by atoms with Crippen LogP contribution in [0, 0.1) is 0 Å². The Hall–Kier alpha value is -1.00. The fraction of sp³-hybridized carbons (Fsp3) is 0.500. The van der Waals surface area contributed by atoms with Gasteiger partial charge in [-0.25, -0.2) is 4.79 Å². The second kappa shape index (κ2) is 3.54. The second-order valence-electron chi connectivity index (χ2n) is 3.80. The van der Waals surface area contributed by atoms with E-state index in [0.29, 0.717) is 5.56 Å². The summed E-state index contributed by atoms with van der Waals surface area (Å²) in [6.45, 7) is 1.74. The number of esters is 1. The number of fused-ring (bicyclic) bond motifs is 2. The van der Waals surface area contributed by atoms with Crippen LogP contribution in [0.2, 0.25) is 0 Å². The van der Waals surface area contributed by atoms with Crippen molar-refractivity contribution in [1.82, 2.24) is 5.32 Å². The maximum Gasteiger partial charge on any atom is 0.342 e. The van der Waals surface area contributed by atoms with E-state index >= 15 is 0 Å². The molecule has 2 aliphatic rings. The molecule has 0 saturated carbocycles. The molecule has 15 heavy (non-hydrogen) atoms. The molecule has 1 N–H and O–H groups in total. The molecule has 4 nitrogen and oxygen atoms in total. The van der Waals surface area contributed by atoms with Crippen molar-refractivity contribution in [2.45, 2.75) is 18.4 Å². The van der Waals surface area contributed by atoms with Gasteiger partial charge in [0.05, 0.1) is 6.26 Å². The van der Waals surface area contributed by atoms with Crippen LogP contribution in [0.1, 0.15) is 29.0 Å². The van der Waals surface area contributed by atoms with Crippen molar-refractivity contribution in [2.24, 2.45) is 0 Å². The van der Waals surface area contributed by atoms with Gasteiger partial charge in [-0.05, 0) is 19.2 Å². The predicted molar refractivity (Wildman–Crippen MR) is 55.2 cm³/mol. The SMILES string of the molecule is Cl.O=C1OC2(CCNCC2)c2occc21. The number of hydrogen-bond acceptors (Lipinski definition) is 4. The highest BCUT2D eigenvalue weighted by molar-refractivity contribution is 5.93. The minimum absolute atomic E-state index is 0. The quantitative estimate of drug-likeness (QED) is 0.685. The van der Waals surface area contributed by atoms with E-state index in [0.717, 1.165) is 31.7 Å². The van der Waals surface area contributed by atoms with Crippen molar-refractivity contribution in [3.8, 4) is 0 Å². The molecule has 0 atom stereocenters. The van der Waals surface area contributed by atoms with Gasteiger partial charge in [-0.1, -0.05) is 0 Å². The molecule has 2 aliphatic heterocycles. The third-order valence-corrected chi connectivity index (χ3v) is 3.00. The first-order valence-electron chi connectivity index (χ1n) is 4.84. The first-order chi connectivity index (χ1) is 6.82. The zero-order valence-corrected chi connectivity index (χ0v) is 8.93. The molecule has 0 aliphatic carbocycles. The Labute approximate surface area is 93.4 Å². The summed E-state index contributed by atoms with van der Waals surface area (Å²) in [6.07, 6.45) is 3.17. The van der Waals surface area contributed by atoms with Crippen molar-refractivity contribution in [3.05, 3.63) is 23.7 Å². The van der Waals surface area contributed by atoms with Gasteiger partial charge in [-0.15, -0.1) is 12.4 Å². The average Bonchev–Trinajstić information content (AvgIpc) is 2.74. The summed E-state index contributed by atoms with van der Waals surface area (Å²) >= 11 is 0. The molecule has 3 heterocycles. The Morgan fingerprint density at radius 2 is 2.07 bits per heavy atom. The van der Waals surface area contributed by atoms with Gasteiger partial charge >= 0.3 is 5.97 Å². The topological polar surface area (TPSA) is 51.5 Å². The molecule has 82 valence electrons. The van der Waals surface area contributed by atoms with Gasteiger partial charge in [0.1, 0.15) is 5.56 Å². The number of rotatable bonds is 0. The summed E-state index contributed by atoms with van der Waals surface area (Å²) in [5.74, 6) is 0.486. The van der Waals surface area contributed by atoms with Crippen LogP contribution in [0.5, 0.6) is 0 Å². The van der Waals surface area contributed by atoms with Crippen molar-refractivity contribution < 1.29 is 13.9 Å². The van der Waals surface area contributed by atoms with Crippen molar-refractivity contribution in [2.75, 3.05) is 13.1 Å². The summed E-state index contributed by atoms with van der Waals surface area (Å²) in [6, 6.07) is 1.69. The highest BCUT2D eigenvalue weighted by atomic mass is 35.5. The molecule has 0 amide bonds. The van der Waals surface area contributed by atoms with E-state index in [9.17, 15) is 4.79 Å². The van der Waals surface area contributed by atoms with Crippen LogP contribution in [-0.4, -0.2) is 19.1 Å². The molecule has 0 radical (unpaired) electrons. The number of hydrogen-bond donors (Lipinski definition) is 1. The number of piperidine rings is 1. The van der Waals surface area contributed by atoms with E-state index in [-0.39, 0.29) is 18.4 Å². The van der Waals surface area contributed by atoms with E-state index in [1.807, 2.05) is 0 Å². The molecule has 1 spiro atoms. The lowest BCUT2D eigenvalue weighted by atomic mass is 9.90. The zero-order chi connectivity index (χ0) is 9.60. The predicted octanol–water partition coefficient (Wildman–Crippen LogP) is 1.45. The fourth-order valence-corrected chi connectivity index (χ4v) is 2.26. The van der Waals surface area contributed by atoms with Crippen LogP contribution in [0.15, 0.2) is 16.7 Å². The molecule has 3 rings (SSSR count). The minimum atomic E-state index is -0.471. The van der Waals surface area contributed by atoms with Crippen LogP contribution in [0.3, 0.4) is 0 Å². The Bertz CT molecular complexity index is 382. The summed E-state index contributed by atoms with van der Waals surface area (Å²) in [5.41, 5.74) is 0.133. The van der Waals surface area contributed by atoms with E-state index < -0.39 is 5.60 Å². The van der Waals surface area contributed by atoms with Crippen molar-refractivity contribution >= 4 is 18.4 Å². The number of nitrogens with one attached hydrogen (secondary N) is 1. The highest BCUT2D eigenvalue weighted by Gasteiger charge is 2.49. The van der Waals surface area contributed by atoms with Crippen LogP contribution >= 0.6 is 12.4 Å². The van der Waals surface area contributed by atoms with E-state index in [1.165, 1.54) is 0 Å². The van der Waals surface area contributed by atoms with E-state index in [4.69, 9.17) is 9.15 Å². The fourth-order valence-electron chi connectivity index (χ4n) is 2.26. The molecule has 1 fully saturated rings. The standard InChI is InChI=1S/C10H11NO3.ClH/c12-9-7-1-6-13-8(7)10(14-9)2-4-11-5-3-10;/h1,6,11H,2-5H2;1H. The lowest BCUT2D eigenvalue weighted by Crippen LogP contribution is -2.39. The van der Waals surface area contributed by atoms with Crippen molar-refractivity contribution in [1.29, 1.82) is 0 Å². The van der Waals surface area contributed by atoms with E-state index in [1.54, 1.807) is 12.3 Å². The molecule has 5 heteroatoms. The minimum Gasteiger partial charge on any atom is -0.464 e. The number of furan rings is 1. The zero-order valence-electron chi connectivity index (χ0n) is 8.12. The molecule has 1 saturated heterocycles. The van der Waals surface area contributed by atoms with Gasteiger partial charge in [-0.2, -0.15) is 0 Å². The van der Waals surface area contributed by atoms with Gasteiger partial charge < -0.3 is 14.5 Å². The maximum absolute atomic E-state index is 11.5. The lowest BCUT2D eigenvalue weighted by Gasteiger charge is -2.31. The summed E-state index contributed by atoms with van der Waals surface area (Å²) in [4.78, 5) is 11.5. The second-order valence-corrected chi connectivity index (χ2v) is 3.80. The summed E-state index contributed by atoms with van der Waals surface area (Å²) in [7, 11) is 0. The Balaban J connectivity index is 0.000000853. The first-order valence-corrected chi connectivity index (χ1v) is 4.84. The number of ether oxygens (including phenoxy) is 1. The Morgan fingerprint density at radius 3 is 2.80 bits per heavy atom. The molecule has 0 aromatic carbocycles. The molecular weight excluding hydrogens is 218 g/mol. The molecule has 0 bridgehead atoms. The van der Waals surface area contributed by atoms with Crippen LogP contribution < -0.4 is 5.32 Å². The first kappa shape index (κ1) is 10.5. The van der Waals surface area contributed by atoms with Gasteiger partial charge in [0.2, 0.25) is 0 Å². The Kier molecular flexibility index (Phi) is 2.48. The third-order valence-electron chi connectivity index (χ3n) is 3.00. The Morgan fingerprint density at radius 1 is 1.33 bits per heavy atom. The summed E-state index contributed by atoms with van der Waals surface area (Å²) < 4.78 is 10.8. The largest absolute Gasteiger partial charge is 0.464 e. The number of halogens is 1. The van der Waals surface area contributed by atoms with Crippen LogP contribution in [0.25, 0.3) is 0 Å². The smallest absolute Gasteiger partial charge is 0.342 e. The molecule has 1 aromatic heterocycles. The van der Waals surface area contributed by atoms with Gasteiger partial charge in [-0.3, -0.25) is 0 Å². The molecule has 1 aromatic rings. The summed E-state index contributed by atoms with van der Waals surface area (Å²) in [5, 5.41) is 3.24. The maximum atomic E-state index is 11.5. The molecule has 0 unspecified atom stereocenters. The van der Waals surface area contributed by atoms with Gasteiger partial charge in [0.15, 0.2) is 11.4 Å². The van der Waals surface area contributed by atoms with E-state index in [2.05, 4.69) is 5.32 Å². The normalized spacial score (nSPS) is 22.0. The number of carbonyl (C=O) groups is 1. The van der Waals surface area contributed by atoms with Crippen molar-refractivity contribution in [3.63, 3.8) is 0 Å². The third kappa shape index (κ3) is 1.36. The van der Waals surface area contributed by atoms with Crippen LogP contribution in [-0.2, 0) is 10.3 Å². The average molecular weight is 230 g/mol. The highest BCUT2D eigenvalue weighted by Crippen LogP contribution is 2.43. The van der Waals surface area contributed by atoms with Gasteiger partial charge in [0, 0.05) is 12.8 Å². The molecular formula is C10H12ClNO3. The van der Waals surface area contributed by atoms with Crippen LogP contribution in [0.4, 0.5) is 0 Å².